The number of ether oxygens (including phenoxy) is 3. The maximum absolute atomic E-state index is 5.23. The topological polar surface area (TPSA) is 34.3 Å². The highest BCUT2D eigenvalue weighted by molar-refractivity contribution is 5.12. The summed E-state index contributed by atoms with van der Waals surface area (Å²) in [6.07, 6.45) is 10.7. The molecule has 9 rings (SSSR count). The van der Waals surface area contributed by atoms with Gasteiger partial charge in [0.2, 0.25) is 0 Å². The van der Waals surface area contributed by atoms with Crippen LogP contribution in [0.15, 0.2) is 0 Å². The van der Waals surface area contributed by atoms with Crippen molar-refractivity contribution in [1.82, 2.24) is 0 Å². The molecule has 7 aliphatic carbocycles. The minimum Gasteiger partial charge on any atom is -0.376 e. The van der Waals surface area contributed by atoms with E-state index in [0.717, 1.165) is 26.4 Å². The number of hydrogen-bond acceptors (Lipinski definition) is 3. The van der Waals surface area contributed by atoms with E-state index in [1.165, 1.54) is 47.3 Å². The molecule has 9 aliphatic rings. The summed E-state index contributed by atoms with van der Waals surface area (Å²) in [6, 6.07) is 0. The van der Waals surface area contributed by atoms with Crippen molar-refractivity contribution < 1.29 is 14.2 Å². The van der Waals surface area contributed by atoms with Gasteiger partial charge in [0.05, 0.1) is 26.4 Å². The van der Waals surface area contributed by atoms with Gasteiger partial charge in [-0.1, -0.05) is 0 Å². The molecule has 0 aromatic heterocycles. The number of hydrogen-bond donors (Lipinski definition) is 0. The molecule has 0 spiro atoms. The Balaban J connectivity index is 0.000000109. The van der Waals surface area contributed by atoms with Crippen LogP contribution in [0, 0.1) is 47.3 Å². The monoisotopic (exact) mass is 318 g/mol. The second-order valence-electron chi connectivity index (χ2n) is 9.58. The molecule has 2 saturated heterocycles. The van der Waals surface area contributed by atoms with E-state index >= 15 is 0 Å². The third-order valence-corrected chi connectivity index (χ3v) is 8.34. The van der Waals surface area contributed by atoms with E-state index in [2.05, 4.69) is 0 Å². The van der Waals surface area contributed by atoms with E-state index < -0.39 is 0 Å². The molecule has 7 saturated carbocycles. The molecule has 0 radical (unpaired) electrons. The maximum atomic E-state index is 5.23. The molecular weight excluding hydrogens is 288 g/mol. The zero-order chi connectivity index (χ0) is 15.0. The van der Waals surface area contributed by atoms with Gasteiger partial charge in [-0.15, -0.1) is 0 Å². The average Bonchev–Trinajstić information content (AvgIpc) is 3.48. The van der Waals surface area contributed by atoms with E-state index in [-0.39, 0.29) is 0 Å². The summed E-state index contributed by atoms with van der Waals surface area (Å²) in [5.41, 5.74) is 0. The smallest absolute Gasteiger partial charge is 0.104 e. The second-order valence-corrected chi connectivity index (χ2v) is 9.58. The Morgan fingerprint density at radius 2 is 0.870 bits per heavy atom. The molecular formula is C20H30O3. The van der Waals surface area contributed by atoms with Crippen molar-refractivity contribution in [3.05, 3.63) is 0 Å². The third-order valence-electron chi connectivity index (χ3n) is 8.34. The highest BCUT2D eigenvalue weighted by atomic mass is 16.6. The summed E-state index contributed by atoms with van der Waals surface area (Å²) in [5, 5.41) is 0. The summed E-state index contributed by atoms with van der Waals surface area (Å²) < 4.78 is 15.1. The van der Waals surface area contributed by atoms with Crippen molar-refractivity contribution in [2.45, 2.75) is 50.7 Å². The Kier molecular flexibility index (Phi) is 3.18. The first-order valence-electron chi connectivity index (χ1n) is 10.2. The second kappa shape index (κ2) is 5.19. The first kappa shape index (κ1) is 14.1. The predicted molar refractivity (Wildman–Crippen MR) is 85.9 cm³/mol. The lowest BCUT2D eigenvalue weighted by Gasteiger charge is -2.69. The van der Waals surface area contributed by atoms with Gasteiger partial charge in [-0.25, -0.2) is 0 Å². The first-order chi connectivity index (χ1) is 11.3. The summed E-state index contributed by atoms with van der Waals surface area (Å²) in [5.74, 6) is 9.74. The first-order valence-corrected chi connectivity index (χ1v) is 10.2. The average molecular weight is 318 g/mol. The van der Waals surface area contributed by atoms with Gasteiger partial charge in [0.15, 0.2) is 0 Å². The van der Waals surface area contributed by atoms with Gasteiger partial charge in [-0.05, 0) is 85.9 Å². The van der Waals surface area contributed by atoms with Crippen LogP contribution in [-0.4, -0.2) is 38.6 Å². The van der Waals surface area contributed by atoms with Crippen LogP contribution in [0.4, 0.5) is 0 Å². The molecule has 2 aliphatic heterocycles. The van der Waals surface area contributed by atoms with Crippen molar-refractivity contribution in [2.24, 2.45) is 47.3 Å². The third kappa shape index (κ3) is 2.41. The lowest BCUT2D eigenvalue weighted by atomic mass is 9.36. The molecule has 0 aromatic carbocycles. The Hall–Kier alpha value is -0.120. The van der Waals surface area contributed by atoms with Crippen molar-refractivity contribution in [2.75, 3.05) is 26.4 Å². The molecule has 8 bridgehead atoms. The van der Waals surface area contributed by atoms with E-state index in [9.17, 15) is 0 Å². The fourth-order valence-electron chi connectivity index (χ4n) is 7.55. The maximum Gasteiger partial charge on any atom is 0.104 e. The zero-order valence-electron chi connectivity index (χ0n) is 14.1. The highest BCUT2D eigenvalue weighted by Gasteiger charge is 2.63. The van der Waals surface area contributed by atoms with Crippen molar-refractivity contribution in [3.63, 3.8) is 0 Å². The van der Waals surface area contributed by atoms with Crippen molar-refractivity contribution >= 4 is 0 Å². The number of epoxide rings is 2. The van der Waals surface area contributed by atoms with Crippen LogP contribution in [0.2, 0.25) is 0 Å². The van der Waals surface area contributed by atoms with Crippen LogP contribution in [-0.2, 0) is 14.2 Å². The summed E-state index contributed by atoms with van der Waals surface area (Å²) in [6.45, 7) is 3.26. The van der Waals surface area contributed by atoms with E-state index in [0.29, 0.717) is 12.2 Å². The van der Waals surface area contributed by atoms with Crippen LogP contribution in [0.3, 0.4) is 0 Å². The number of rotatable bonds is 4. The van der Waals surface area contributed by atoms with Gasteiger partial charge >= 0.3 is 0 Å². The molecule has 2 atom stereocenters. The van der Waals surface area contributed by atoms with Gasteiger partial charge in [0.25, 0.3) is 0 Å². The molecule has 0 N–H and O–H groups in total. The van der Waals surface area contributed by atoms with Crippen LogP contribution in [0.25, 0.3) is 0 Å². The van der Waals surface area contributed by atoms with Gasteiger partial charge in [0, 0.05) is 0 Å². The predicted octanol–water partition coefficient (Wildman–Crippen LogP) is 3.13. The van der Waals surface area contributed by atoms with Crippen LogP contribution in [0.1, 0.15) is 38.5 Å². The Morgan fingerprint density at radius 1 is 0.565 bits per heavy atom. The van der Waals surface area contributed by atoms with E-state index in [1.807, 2.05) is 0 Å². The molecule has 0 amide bonds. The van der Waals surface area contributed by atoms with Gasteiger partial charge in [-0.2, -0.15) is 0 Å². The highest BCUT2D eigenvalue weighted by Crippen LogP contribution is 2.71. The molecule has 128 valence electrons. The molecule has 2 heterocycles. The van der Waals surface area contributed by atoms with Gasteiger partial charge in [0.1, 0.15) is 12.2 Å². The minimum absolute atomic E-state index is 0.392. The van der Waals surface area contributed by atoms with Crippen molar-refractivity contribution in [1.29, 1.82) is 0 Å². The standard InChI is InChI=1S/C14H20.C6H10O3/c1-7-2-12-10-4-8-5-11(9(1)10)13(3-7)14(12)6-8;1(5-3-8-5)7-2-6-4-9-6/h7-14H,1-6H2;5-6H,1-4H2. The summed E-state index contributed by atoms with van der Waals surface area (Å²) in [7, 11) is 0. The fourth-order valence-corrected chi connectivity index (χ4v) is 7.55. The van der Waals surface area contributed by atoms with Gasteiger partial charge in [-0.3, -0.25) is 0 Å². The van der Waals surface area contributed by atoms with E-state index in [4.69, 9.17) is 14.2 Å². The quantitative estimate of drug-likeness (QED) is 0.747. The molecule has 23 heavy (non-hydrogen) atoms. The molecule has 0 aromatic rings. The van der Waals surface area contributed by atoms with Crippen molar-refractivity contribution in [3.8, 4) is 0 Å². The SMILES string of the molecule is C(OCC1CO1)C1CO1.C1C2CC3C4CC5CC(C14)C(C2)C3C5. The molecule has 9 fully saturated rings. The minimum atomic E-state index is 0.392. The largest absolute Gasteiger partial charge is 0.376 e. The Labute approximate surface area is 139 Å². The lowest BCUT2D eigenvalue weighted by molar-refractivity contribution is -0.202. The normalized spacial score (nSPS) is 59.0. The van der Waals surface area contributed by atoms with Gasteiger partial charge < -0.3 is 14.2 Å². The molecule has 3 heteroatoms. The Bertz CT molecular complexity index is 370. The summed E-state index contributed by atoms with van der Waals surface area (Å²) >= 11 is 0. The van der Waals surface area contributed by atoms with Crippen LogP contribution < -0.4 is 0 Å². The molecule has 3 nitrogen and oxygen atoms in total. The zero-order valence-corrected chi connectivity index (χ0v) is 14.1. The Morgan fingerprint density at radius 3 is 1.13 bits per heavy atom. The van der Waals surface area contributed by atoms with Crippen LogP contribution >= 0.6 is 0 Å². The molecule has 2 unspecified atom stereocenters. The van der Waals surface area contributed by atoms with E-state index in [1.54, 1.807) is 38.5 Å². The summed E-state index contributed by atoms with van der Waals surface area (Å²) in [4.78, 5) is 0. The van der Waals surface area contributed by atoms with Crippen LogP contribution in [0.5, 0.6) is 0 Å². The fraction of sp³-hybridized carbons (Fsp3) is 1.00. The lowest BCUT2D eigenvalue weighted by Crippen LogP contribution is -2.62.